The van der Waals surface area contributed by atoms with Crippen LogP contribution in [0.2, 0.25) is 0 Å². The molecule has 0 unspecified atom stereocenters. The molecule has 1 aliphatic heterocycles. The number of methoxy groups -OCH3 is 1. The maximum atomic E-state index is 11.1. The number of carbonyl (C=O) groups is 1. The molecule has 0 bridgehead atoms. The fourth-order valence-electron chi connectivity index (χ4n) is 2.28. The van der Waals surface area contributed by atoms with Gasteiger partial charge in [0.15, 0.2) is 5.96 Å². The number of nitrogens with one attached hydrogen (secondary N) is 1. The van der Waals surface area contributed by atoms with Gasteiger partial charge in [0.25, 0.3) is 0 Å². The van der Waals surface area contributed by atoms with Gasteiger partial charge in [0, 0.05) is 40.4 Å². The standard InChI is InChI=1S/C14H27N3O3/c1-15-14(16-8-4-13(18)19-3)17(2)9-5-12-6-10-20-11-7-12/h12H,4-11H2,1-3H3,(H,15,16). The number of nitrogens with zero attached hydrogens (tertiary/aromatic N) is 2. The molecule has 0 aliphatic carbocycles. The summed E-state index contributed by atoms with van der Waals surface area (Å²) in [5, 5.41) is 3.17. The van der Waals surface area contributed by atoms with Crippen LogP contribution in [0.3, 0.4) is 0 Å². The number of guanidine groups is 1. The Kier molecular flexibility index (Phi) is 8.02. The number of hydrogen-bond acceptors (Lipinski definition) is 4. The first-order chi connectivity index (χ1) is 9.67. The van der Waals surface area contributed by atoms with Crippen molar-refractivity contribution in [3.8, 4) is 0 Å². The monoisotopic (exact) mass is 285 g/mol. The molecule has 6 heteroatoms. The zero-order chi connectivity index (χ0) is 14.8. The van der Waals surface area contributed by atoms with Crippen molar-refractivity contribution in [2.24, 2.45) is 10.9 Å². The van der Waals surface area contributed by atoms with Gasteiger partial charge in [0.2, 0.25) is 0 Å². The zero-order valence-electron chi connectivity index (χ0n) is 12.9. The molecule has 0 amide bonds. The zero-order valence-corrected chi connectivity index (χ0v) is 12.9. The third-order valence-electron chi connectivity index (χ3n) is 3.63. The van der Waals surface area contributed by atoms with E-state index in [2.05, 4.69) is 19.9 Å². The number of ether oxygens (including phenoxy) is 2. The second-order valence-electron chi connectivity index (χ2n) is 5.07. The molecule has 0 spiro atoms. The summed E-state index contributed by atoms with van der Waals surface area (Å²) in [6.45, 7) is 3.28. The van der Waals surface area contributed by atoms with E-state index in [1.54, 1.807) is 7.05 Å². The smallest absolute Gasteiger partial charge is 0.307 e. The lowest BCUT2D eigenvalue weighted by molar-refractivity contribution is -0.140. The summed E-state index contributed by atoms with van der Waals surface area (Å²) in [4.78, 5) is 17.4. The highest BCUT2D eigenvalue weighted by Gasteiger charge is 2.15. The minimum Gasteiger partial charge on any atom is -0.469 e. The molecule has 0 saturated carbocycles. The summed E-state index contributed by atoms with van der Waals surface area (Å²) in [5.74, 6) is 1.36. The van der Waals surface area contributed by atoms with Crippen molar-refractivity contribution in [2.75, 3.05) is 47.5 Å². The average molecular weight is 285 g/mol. The molecule has 0 aromatic heterocycles. The van der Waals surface area contributed by atoms with Gasteiger partial charge in [-0.25, -0.2) is 0 Å². The molecule has 0 atom stereocenters. The van der Waals surface area contributed by atoms with E-state index in [1.165, 1.54) is 7.11 Å². The molecular formula is C14H27N3O3. The Morgan fingerprint density at radius 3 is 2.75 bits per heavy atom. The van der Waals surface area contributed by atoms with Crippen LogP contribution in [0.5, 0.6) is 0 Å². The minimum absolute atomic E-state index is 0.210. The summed E-state index contributed by atoms with van der Waals surface area (Å²) in [6.07, 6.45) is 3.81. The van der Waals surface area contributed by atoms with Gasteiger partial charge in [-0.3, -0.25) is 9.79 Å². The molecule has 1 aliphatic rings. The van der Waals surface area contributed by atoms with Gasteiger partial charge in [0.1, 0.15) is 0 Å². The molecule has 6 nitrogen and oxygen atoms in total. The quantitative estimate of drug-likeness (QED) is 0.446. The van der Waals surface area contributed by atoms with Gasteiger partial charge in [-0.15, -0.1) is 0 Å². The van der Waals surface area contributed by atoms with E-state index in [-0.39, 0.29) is 5.97 Å². The highest BCUT2D eigenvalue weighted by atomic mass is 16.5. The SMILES string of the molecule is CN=C(NCCC(=O)OC)N(C)CCC1CCOCC1. The third kappa shape index (κ3) is 6.23. The molecule has 20 heavy (non-hydrogen) atoms. The van der Waals surface area contributed by atoms with Crippen LogP contribution in [0.4, 0.5) is 0 Å². The van der Waals surface area contributed by atoms with Crippen LogP contribution in [0.15, 0.2) is 4.99 Å². The Morgan fingerprint density at radius 1 is 1.45 bits per heavy atom. The fraction of sp³-hybridized carbons (Fsp3) is 0.857. The maximum absolute atomic E-state index is 11.1. The first kappa shape index (κ1) is 16.8. The summed E-state index contributed by atoms with van der Waals surface area (Å²) >= 11 is 0. The van der Waals surface area contributed by atoms with Crippen molar-refractivity contribution in [2.45, 2.75) is 25.7 Å². The molecule has 1 fully saturated rings. The van der Waals surface area contributed by atoms with Crippen LogP contribution in [-0.2, 0) is 14.3 Å². The van der Waals surface area contributed by atoms with Crippen LogP contribution in [0, 0.1) is 5.92 Å². The summed E-state index contributed by atoms with van der Waals surface area (Å²) in [6, 6.07) is 0. The molecule has 0 aromatic carbocycles. The Labute approximate surface area is 121 Å². The van der Waals surface area contributed by atoms with E-state index in [4.69, 9.17) is 4.74 Å². The van der Waals surface area contributed by atoms with E-state index in [1.807, 2.05) is 7.05 Å². The number of esters is 1. The Balaban J connectivity index is 2.24. The number of hydrogen-bond donors (Lipinski definition) is 1. The number of carbonyl (C=O) groups excluding carboxylic acids is 1. The summed E-state index contributed by atoms with van der Waals surface area (Å²) in [7, 11) is 5.18. The molecular weight excluding hydrogens is 258 g/mol. The second-order valence-corrected chi connectivity index (χ2v) is 5.07. The predicted molar refractivity (Wildman–Crippen MR) is 78.8 cm³/mol. The average Bonchev–Trinajstić information content (AvgIpc) is 2.50. The summed E-state index contributed by atoms with van der Waals surface area (Å²) in [5.41, 5.74) is 0. The van der Waals surface area contributed by atoms with Gasteiger partial charge < -0.3 is 19.7 Å². The number of rotatable bonds is 6. The first-order valence-electron chi connectivity index (χ1n) is 7.23. The van der Waals surface area contributed by atoms with Crippen LogP contribution in [0.25, 0.3) is 0 Å². The lowest BCUT2D eigenvalue weighted by Gasteiger charge is -2.26. The van der Waals surface area contributed by atoms with Gasteiger partial charge >= 0.3 is 5.97 Å². The van der Waals surface area contributed by atoms with Crippen molar-refractivity contribution in [1.29, 1.82) is 0 Å². The van der Waals surface area contributed by atoms with Gasteiger partial charge in [-0.2, -0.15) is 0 Å². The Bertz CT molecular complexity index is 315. The number of aliphatic imine (C=N–C) groups is 1. The highest BCUT2D eigenvalue weighted by molar-refractivity contribution is 5.80. The van der Waals surface area contributed by atoms with Gasteiger partial charge in [-0.1, -0.05) is 0 Å². The topological polar surface area (TPSA) is 63.2 Å². The van der Waals surface area contributed by atoms with Crippen LogP contribution < -0.4 is 5.32 Å². The van der Waals surface area contributed by atoms with Crippen molar-refractivity contribution < 1.29 is 14.3 Å². The molecule has 1 N–H and O–H groups in total. The van der Waals surface area contributed by atoms with E-state index < -0.39 is 0 Å². The molecule has 116 valence electrons. The third-order valence-corrected chi connectivity index (χ3v) is 3.63. The Morgan fingerprint density at radius 2 is 2.15 bits per heavy atom. The normalized spacial score (nSPS) is 16.9. The highest BCUT2D eigenvalue weighted by Crippen LogP contribution is 2.18. The van der Waals surface area contributed by atoms with Crippen LogP contribution >= 0.6 is 0 Å². The van der Waals surface area contributed by atoms with Crippen LogP contribution in [0.1, 0.15) is 25.7 Å². The maximum Gasteiger partial charge on any atom is 0.307 e. The Hall–Kier alpha value is -1.30. The molecule has 1 saturated heterocycles. The molecule has 1 rings (SSSR count). The fourth-order valence-corrected chi connectivity index (χ4v) is 2.28. The van der Waals surface area contributed by atoms with E-state index in [9.17, 15) is 4.79 Å². The predicted octanol–water partition coefficient (Wildman–Crippen LogP) is 0.873. The van der Waals surface area contributed by atoms with Crippen LogP contribution in [-0.4, -0.2) is 64.3 Å². The van der Waals surface area contributed by atoms with Gasteiger partial charge in [-0.05, 0) is 25.2 Å². The van der Waals surface area contributed by atoms with E-state index >= 15 is 0 Å². The molecule has 1 heterocycles. The van der Waals surface area contributed by atoms with Crippen molar-refractivity contribution in [1.82, 2.24) is 10.2 Å². The van der Waals surface area contributed by atoms with E-state index in [0.29, 0.717) is 13.0 Å². The first-order valence-corrected chi connectivity index (χ1v) is 7.23. The van der Waals surface area contributed by atoms with Crippen molar-refractivity contribution >= 4 is 11.9 Å². The molecule has 0 radical (unpaired) electrons. The largest absolute Gasteiger partial charge is 0.469 e. The molecule has 0 aromatic rings. The van der Waals surface area contributed by atoms with Crippen molar-refractivity contribution in [3.63, 3.8) is 0 Å². The van der Waals surface area contributed by atoms with Gasteiger partial charge in [0.05, 0.1) is 13.5 Å². The minimum atomic E-state index is -0.210. The summed E-state index contributed by atoms with van der Waals surface area (Å²) < 4.78 is 9.98. The van der Waals surface area contributed by atoms with Crippen molar-refractivity contribution in [3.05, 3.63) is 0 Å². The lowest BCUT2D eigenvalue weighted by Crippen LogP contribution is -2.40. The van der Waals surface area contributed by atoms with E-state index in [0.717, 1.165) is 50.9 Å². The lowest BCUT2D eigenvalue weighted by atomic mass is 9.96. The second kappa shape index (κ2) is 9.58.